The van der Waals surface area contributed by atoms with Crippen molar-refractivity contribution < 1.29 is 19.4 Å². The van der Waals surface area contributed by atoms with Crippen LogP contribution in [0.25, 0.3) is 0 Å². The Bertz CT molecular complexity index is 396. The van der Waals surface area contributed by atoms with Crippen LogP contribution in [0, 0.1) is 0 Å². The van der Waals surface area contributed by atoms with E-state index in [-0.39, 0.29) is 5.56 Å². The van der Waals surface area contributed by atoms with E-state index in [1.807, 2.05) is 6.92 Å². The van der Waals surface area contributed by atoms with Crippen LogP contribution in [0.5, 0.6) is 0 Å². The Balaban J connectivity index is 2.54. The molecule has 0 aliphatic carbocycles. The lowest BCUT2D eigenvalue weighted by atomic mass is 10.2. The van der Waals surface area contributed by atoms with Crippen molar-refractivity contribution >= 4 is 5.97 Å². The summed E-state index contributed by atoms with van der Waals surface area (Å²) < 4.78 is 10.2. The van der Waals surface area contributed by atoms with Gasteiger partial charge < -0.3 is 14.6 Å². The van der Waals surface area contributed by atoms with Crippen LogP contribution in [-0.4, -0.2) is 48.0 Å². The van der Waals surface area contributed by atoms with E-state index < -0.39 is 5.97 Å². The SMILES string of the molecule is CCc1nc(CCOCCOC)ncc1C(=O)O. The first kappa shape index (κ1) is 14.5. The average Bonchev–Trinajstić information content (AvgIpc) is 2.38. The normalized spacial score (nSPS) is 10.6. The van der Waals surface area contributed by atoms with Crippen molar-refractivity contribution in [3.63, 3.8) is 0 Å². The van der Waals surface area contributed by atoms with Crippen molar-refractivity contribution in [1.29, 1.82) is 0 Å². The number of nitrogens with zero attached hydrogens (tertiary/aromatic N) is 2. The minimum Gasteiger partial charge on any atom is -0.478 e. The van der Waals surface area contributed by atoms with Gasteiger partial charge in [0.1, 0.15) is 5.82 Å². The lowest BCUT2D eigenvalue weighted by Crippen LogP contribution is -2.11. The van der Waals surface area contributed by atoms with Crippen molar-refractivity contribution in [2.24, 2.45) is 0 Å². The van der Waals surface area contributed by atoms with Crippen LogP contribution in [0.1, 0.15) is 28.8 Å². The van der Waals surface area contributed by atoms with Gasteiger partial charge in [-0.3, -0.25) is 0 Å². The van der Waals surface area contributed by atoms with E-state index in [0.717, 1.165) is 0 Å². The van der Waals surface area contributed by atoms with E-state index in [0.29, 0.717) is 44.2 Å². The standard InChI is InChI=1S/C12H18N2O4/c1-3-10-9(12(15)16)8-13-11(14-10)4-5-18-7-6-17-2/h8H,3-7H2,1-2H3,(H,15,16). The van der Waals surface area contributed by atoms with Gasteiger partial charge in [0, 0.05) is 19.7 Å². The van der Waals surface area contributed by atoms with Gasteiger partial charge in [-0.15, -0.1) is 0 Å². The predicted octanol–water partition coefficient (Wildman–Crippen LogP) is 0.943. The fourth-order valence-electron chi connectivity index (χ4n) is 1.43. The summed E-state index contributed by atoms with van der Waals surface area (Å²) in [6.07, 6.45) is 2.50. The van der Waals surface area contributed by atoms with Crippen molar-refractivity contribution in [3.05, 3.63) is 23.3 Å². The summed E-state index contributed by atoms with van der Waals surface area (Å²) in [5.74, 6) is -0.385. The number of aromatic carboxylic acids is 1. The van der Waals surface area contributed by atoms with Crippen LogP contribution < -0.4 is 0 Å². The summed E-state index contributed by atoms with van der Waals surface area (Å²) >= 11 is 0. The lowest BCUT2D eigenvalue weighted by Gasteiger charge is -2.06. The number of carboxylic acids is 1. The molecule has 0 aliphatic heterocycles. The Morgan fingerprint density at radius 3 is 2.78 bits per heavy atom. The molecule has 0 bridgehead atoms. The number of hydrogen-bond donors (Lipinski definition) is 1. The maximum Gasteiger partial charge on any atom is 0.339 e. The summed E-state index contributed by atoms with van der Waals surface area (Å²) in [5.41, 5.74) is 0.728. The van der Waals surface area contributed by atoms with E-state index in [1.54, 1.807) is 7.11 Å². The quantitative estimate of drug-likeness (QED) is 0.695. The lowest BCUT2D eigenvalue weighted by molar-refractivity contribution is 0.0693. The number of carbonyl (C=O) groups is 1. The number of rotatable bonds is 8. The highest BCUT2D eigenvalue weighted by atomic mass is 16.5. The molecule has 100 valence electrons. The molecule has 0 saturated carbocycles. The Kier molecular flexibility index (Phi) is 6.24. The Morgan fingerprint density at radius 1 is 1.39 bits per heavy atom. The third kappa shape index (κ3) is 4.38. The first-order valence-corrected chi connectivity index (χ1v) is 5.83. The topological polar surface area (TPSA) is 81.5 Å². The third-order valence-corrected chi connectivity index (χ3v) is 2.38. The number of hydrogen-bond acceptors (Lipinski definition) is 5. The van der Waals surface area contributed by atoms with Crippen LogP contribution >= 0.6 is 0 Å². The number of ether oxygens (including phenoxy) is 2. The van der Waals surface area contributed by atoms with Gasteiger partial charge in [0.2, 0.25) is 0 Å². The second kappa shape index (κ2) is 7.73. The summed E-state index contributed by atoms with van der Waals surface area (Å²) in [7, 11) is 1.62. The van der Waals surface area contributed by atoms with Gasteiger partial charge in [-0.2, -0.15) is 0 Å². The van der Waals surface area contributed by atoms with E-state index in [2.05, 4.69) is 9.97 Å². The number of carboxylic acid groups (broad SMARTS) is 1. The molecule has 0 atom stereocenters. The molecule has 0 radical (unpaired) electrons. The van der Waals surface area contributed by atoms with Crippen LogP contribution in [0.2, 0.25) is 0 Å². The third-order valence-electron chi connectivity index (χ3n) is 2.38. The van der Waals surface area contributed by atoms with Gasteiger partial charge in [0.25, 0.3) is 0 Å². The van der Waals surface area contributed by atoms with Crippen LogP contribution in [0.15, 0.2) is 6.20 Å². The molecule has 0 fully saturated rings. The van der Waals surface area contributed by atoms with Gasteiger partial charge >= 0.3 is 5.97 Å². The van der Waals surface area contributed by atoms with E-state index >= 15 is 0 Å². The van der Waals surface area contributed by atoms with Gasteiger partial charge in [0.15, 0.2) is 0 Å². The summed E-state index contributed by atoms with van der Waals surface area (Å²) in [6.45, 7) is 3.45. The van der Waals surface area contributed by atoms with E-state index in [1.165, 1.54) is 6.20 Å². The van der Waals surface area contributed by atoms with Crippen molar-refractivity contribution in [2.45, 2.75) is 19.8 Å². The molecule has 0 amide bonds. The molecular formula is C12H18N2O4. The smallest absolute Gasteiger partial charge is 0.339 e. The zero-order chi connectivity index (χ0) is 13.4. The molecule has 0 aliphatic rings. The molecule has 1 N–H and O–H groups in total. The van der Waals surface area contributed by atoms with Crippen molar-refractivity contribution in [1.82, 2.24) is 9.97 Å². The van der Waals surface area contributed by atoms with E-state index in [9.17, 15) is 4.79 Å². The highest BCUT2D eigenvalue weighted by Crippen LogP contribution is 2.07. The molecule has 18 heavy (non-hydrogen) atoms. The zero-order valence-electron chi connectivity index (χ0n) is 10.7. The first-order chi connectivity index (χ1) is 8.69. The molecule has 1 aromatic rings. The summed E-state index contributed by atoms with van der Waals surface area (Å²) in [6, 6.07) is 0. The second-order valence-electron chi connectivity index (χ2n) is 3.66. The first-order valence-electron chi connectivity index (χ1n) is 5.83. The fourth-order valence-corrected chi connectivity index (χ4v) is 1.43. The highest BCUT2D eigenvalue weighted by molar-refractivity contribution is 5.88. The second-order valence-corrected chi connectivity index (χ2v) is 3.66. The van der Waals surface area contributed by atoms with Crippen molar-refractivity contribution in [2.75, 3.05) is 26.9 Å². The average molecular weight is 254 g/mol. The molecule has 0 spiro atoms. The van der Waals surface area contributed by atoms with E-state index in [4.69, 9.17) is 14.6 Å². The Hall–Kier alpha value is -1.53. The number of aromatic nitrogens is 2. The minimum atomic E-state index is -0.991. The van der Waals surface area contributed by atoms with Crippen LogP contribution in [-0.2, 0) is 22.3 Å². The fraction of sp³-hybridized carbons (Fsp3) is 0.583. The largest absolute Gasteiger partial charge is 0.478 e. The number of aryl methyl sites for hydroxylation is 1. The van der Waals surface area contributed by atoms with Crippen LogP contribution in [0.3, 0.4) is 0 Å². The summed E-state index contributed by atoms with van der Waals surface area (Å²) in [4.78, 5) is 19.2. The van der Waals surface area contributed by atoms with Gasteiger partial charge in [-0.1, -0.05) is 6.92 Å². The Labute approximate surface area is 106 Å². The predicted molar refractivity (Wildman–Crippen MR) is 64.8 cm³/mol. The monoisotopic (exact) mass is 254 g/mol. The molecule has 0 aromatic carbocycles. The molecule has 0 saturated heterocycles. The highest BCUT2D eigenvalue weighted by Gasteiger charge is 2.11. The summed E-state index contributed by atoms with van der Waals surface area (Å²) in [5, 5.41) is 8.94. The molecule has 1 rings (SSSR count). The minimum absolute atomic E-state index is 0.168. The molecule has 6 heteroatoms. The molecule has 0 unspecified atom stereocenters. The van der Waals surface area contributed by atoms with Gasteiger partial charge in [-0.05, 0) is 6.42 Å². The molecule has 1 aromatic heterocycles. The molecular weight excluding hydrogens is 236 g/mol. The van der Waals surface area contributed by atoms with Gasteiger partial charge in [-0.25, -0.2) is 14.8 Å². The maximum atomic E-state index is 10.9. The number of methoxy groups -OCH3 is 1. The zero-order valence-corrected chi connectivity index (χ0v) is 10.7. The van der Waals surface area contributed by atoms with Gasteiger partial charge in [0.05, 0.1) is 31.1 Å². The maximum absolute atomic E-state index is 10.9. The van der Waals surface area contributed by atoms with Crippen molar-refractivity contribution in [3.8, 4) is 0 Å². The molecule has 1 heterocycles. The van der Waals surface area contributed by atoms with Crippen LogP contribution in [0.4, 0.5) is 0 Å². The Morgan fingerprint density at radius 2 is 2.17 bits per heavy atom. The molecule has 6 nitrogen and oxygen atoms in total.